The van der Waals surface area contributed by atoms with Crippen LogP contribution >= 0.6 is 0 Å². The van der Waals surface area contributed by atoms with Gasteiger partial charge in [-0.1, -0.05) is 18.1 Å². The van der Waals surface area contributed by atoms with Gasteiger partial charge in [-0.05, 0) is 17.7 Å². The minimum atomic E-state index is -0.742. The van der Waals surface area contributed by atoms with Crippen LogP contribution < -0.4 is 16.4 Å². The first-order valence-corrected chi connectivity index (χ1v) is 6.95. The first-order chi connectivity index (χ1) is 10.6. The zero-order chi connectivity index (χ0) is 16.4. The number of hydrogen-bond donors (Lipinski definition) is 3. The largest absolute Gasteiger partial charge is 0.377 e. The van der Waals surface area contributed by atoms with E-state index in [0.29, 0.717) is 19.7 Å². The lowest BCUT2D eigenvalue weighted by Crippen LogP contribution is -2.48. The average molecular weight is 303 g/mol. The lowest BCUT2D eigenvalue weighted by molar-refractivity contribution is -0.129. The molecule has 0 radical (unpaired) electrons. The molecule has 0 bridgehead atoms. The Morgan fingerprint density at radius 2 is 2.05 bits per heavy atom. The first kappa shape index (κ1) is 17.7. The highest BCUT2D eigenvalue weighted by Crippen LogP contribution is 2.03. The van der Waals surface area contributed by atoms with Crippen LogP contribution in [0.25, 0.3) is 0 Å². The van der Waals surface area contributed by atoms with Crippen molar-refractivity contribution in [3.63, 3.8) is 0 Å². The molecule has 0 heterocycles. The second kappa shape index (κ2) is 9.55. The third-order valence-corrected chi connectivity index (χ3v) is 2.83. The molecule has 0 aromatic heterocycles. The molecular weight excluding hydrogens is 282 g/mol. The van der Waals surface area contributed by atoms with E-state index in [1.165, 1.54) is 6.92 Å². The number of nitrogens with one attached hydrogen (secondary N) is 2. The predicted molar refractivity (Wildman–Crippen MR) is 83.7 cm³/mol. The van der Waals surface area contributed by atoms with Gasteiger partial charge < -0.3 is 21.1 Å². The van der Waals surface area contributed by atoms with Crippen molar-refractivity contribution in [1.29, 1.82) is 0 Å². The van der Waals surface area contributed by atoms with Gasteiger partial charge >= 0.3 is 0 Å². The first-order valence-electron chi connectivity index (χ1n) is 6.95. The summed E-state index contributed by atoms with van der Waals surface area (Å²) in [6, 6.07) is 6.55. The monoisotopic (exact) mass is 303 g/mol. The Bertz CT molecular complexity index is 535. The average Bonchev–Trinajstić information content (AvgIpc) is 2.52. The van der Waals surface area contributed by atoms with Gasteiger partial charge in [-0.25, -0.2) is 0 Å². The fraction of sp³-hybridized carbons (Fsp3) is 0.375. The number of nitrogens with two attached hydrogens (primary N) is 1. The molecule has 0 unspecified atom stereocenters. The fourth-order valence-electron chi connectivity index (χ4n) is 1.74. The highest BCUT2D eigenvalue weighted by Gasteiger charge is 2.19. The maximum absolute atomic E-state index is 12.1. The van der Waals surface area contributed by atoms with Gasteiger partial charge in [-0.3, -0.25) is 9.59 Å². The summed E-state index contributed by atoms with van der Waals surface area (Å²) in [5, 5.41) is 5.30. The summed E-state index contributed by atoms with van der Waals surface area (Å²) in [6.45, 7) is 2.46. The fourth-order valence-corrected chi connectivity index (χ4v) is 1.74. The summed E-state index contributed by atoms with van der Waals surface area (Å²) in [7, 11) is 0. The Morgan fingerprint density at radius 3 is 2.59 bits per heavy atom. The van der Waals surface area contributed by atoms with E-state index in [4.69, 9.17) is 16.9 Å². The van der Waals surface area contributed by atoms with Crippen LogP contribution in [-0.2, 0) is 20.9 Å². The highest BCUT2D eigenvalue weighted by atomic mass is 16.5. The highest BCUT2D eigenvalue weighted by molar-refractivity contribution is 5.86. The van der Waals surface area contributed by atoms with E-state index in [1.54, 1.807) is 12.1 Å². The van der Waals surface area contributed by atoms with Crippen LogP contribution in [0.15, 0.2) is 24.3 Å². The molecule has 1 aromatic carbocycles. The summed E-state index contributed by atoms with van der Waals surface area (Å²) in [5.74, 6) is 1.92. The second-order valence-corrected chi connectivity index (χ2v) is 4.68. The quantitative estimate of drug-likeness (QED) is 0.456. The van der Waals surface area contributed by atoms with E-state index < -0.39 is 6.04 Å². The number of amides is 2. The molecule has 6 nitrogen and oxygen atoms in total. The van der Waals surface area contributed by atoms with E-state index in [-0.39, 0.29) is 18.4 Å². The van der Waals surface area contributed by atoms with Gasteiger partial charge in [-0.2, -0.15) is 0 Å². The van der Waals surface area contributed by atoms with Gasteiger partial charge in [0, 0.05) is 25.6 Å². The molecule has 0 aliphatic heterocycles. The molecular formula is C16H21N3O3. The van der Waals surface area contributed by atoms with Gasteiger partial charge in [0.05, 0.1) is 13.2 Å². The third-order valence-electron chi connectivity index (χ3n) is 2.83. The molecule has 1 atom stereocenters. The molecule has 0 aliphatic carbocycles. The maximum Gasteiger partial charge on any atom is 0.245 e. The van der Waals surface area contributed by atoms with Gasteiger partial charge in [0.2, 0.25) is 11.8 Å². The molecule has 1 rings (SSSR count). The molecule has 0 aliphatic rings. The topological polar surface area (TPSA) is 93.4 Å². The molecule has 0 fully saturated rings. The predicted octanol–water partition coefficient (Wildman–Crippen LogP) is -0.236. The van der Waals surface area contributed by atoms with Crippen molar-refractivity contribution in [2.24, 2.45) is 5.73 Å². The van der Waals surface area contributed by atoms with Crippen LogP contribution in [0.4, 0.5) is 0 Å². The van der Waals surface area contributed by atoms with Crippen LogP contribution in [0.3, 0.4) is 0 Å². The van der Waals surface area contributed by atoms with Crippen LogP contribution in [-0.4, -0.2) is 37.6 Å². The molecule has 1 aromatic rings. The van der Waals surface area contributed by atoms with Crippen molar-refractivity contribution >= 4 is 11.8 Å². The van der Waals surface area contributed by atoms with Crippen molar-refractivity contribution in [2.75, 3.05) is 19.8 Å². The molecule has 2 amide bonds. The molecule has 0 saturated heterocycles. The summed E-state index contributed by atoms with van der Waals surface area (Å²) in [5.41, 5.74) is 7.02. The Balaban J connectivity index is 2.53. The van der Waals surface area contributed by atoms with Crippen LogP contribution in [0, 0.1) is 12.3 Å². The lowest BCUT2D eigenvalue weighted by atomic mass is 10.1. The number of ether oxygens (including phenoxy) is 1. The Kier molecular flexibility index (Phi) is 7.68. The van der Waals surface area contributed by atoms with Crippen molar-refractivity contribution in [1.82, 2.24) is 10.6 Å². The van der Waals surface area contributed by atoms with Crippen LogP contribution in [0.1, 0.15) is 18.1 Å². The van der Waals surface area contributed by atoms with Gasteiger partial charge in [0.15, 0.2) is 0 Å². The normalized spacial score (nSPS) is 11.3. The lowest BCUT2D eigenvalue weighted by Gasteiger charge is -2.17. The van der Waals surface area contributed by atoms with Gasteiger partial charge in [-0.15, -0.1) is 6.42 Å². The molecule has 22 heavy (non-hydrogen) atoms. The molecule has 0 spiro atoms. The number of carbonyl (C=O) groups is 2. The van der Waals surface area contributed by atoms with Crippen molar-refractivity contribution < 1.29 is 14.3 Å². The second-order valence-electron chi connectivity index (χ2n) is 4.68. The van der Waals surface area contributed by atoms with Crippen LogP contribution in [0.2, 0.25) is 0 Å². The number of benzene rings is 1. The van der Waals surface area contributed by atoms with E-state index in [9.17, 15) is 9.59 Å². The third kappa shape index (κ3) is 6.39. The Hall–Kier alpha value is -2.36. The van der Waals surface area contributed by atoms with Crippen molar-refractivity contribution in [2.45, 2.75) is 19.5 Å². The minimum absolute atomic E-state index is 0.0820. The molecule has 6 heteroatoms. The van der Waals surface area contributed by atoms with E-state index >= 15 is 0 Å². The Labute approximate surface area is 130 Å². The number of hydrogen-bond acceptors (Lipinski definition) is 4. The van der Waals surface area contributed by atoms with Gasteiger partial charge in [0.1, 0.15) is 6.04 Å². The molecule has 118 valence electrons. The van der Waals surface area contributed by atoms with Crippen molar-refractivity contribution in [3.05, 3.63) is 35.4 Å². The summed E-state index contributed by atoms with van der Waals surface area (Å²) >= 11 is 0. The van der Waals surface area contributed by atoms with E-state index in [0.717, 1.165) is 11.1 Å². The standard InChI is InChI=1S/C16H21N3O3/c1-3-13-4-6-14(7-5-13)10-18-16(21)15(19-12(2)20)11-22-9-8-17/h1,4-7,15H,8-11,17H2,2H3,(H,18,21)(H,19,20)/t15-/m0/s1. The van der Waals surface area contributed by atoms with E-state index in [1.807, 2.05) is 12.1 Å². The maximum atomic E-state index is 12.1. The summed E-state index contributed by atoms with van der Waals surface area (Å²) in [6.07, 6.45) is 5.28. The van der Waals surface area contributed by atoms with E-state index in [2.05, 4.69) is 16.6 Å². The van der Waals surface area contributed by atoms with Crippen LogP contribution in [0.5, 0.6) is 0 Å². The molecule has 0 saturated carbocycles. The SMILES string of the molecule is C#Cc1ccc(CNC(=O)[C@H](COCCN)NC(C)=O)cc1. The smallest absolute Gasteiger partial charge is 0.245 e. The summed E-state index contributed by atoms with van der Waals surface area (Å²) < 4.78 is 5.23. The molecule has 4 N–H and O–H groups in total. The number of rotatable bonds is 8. The number of carbonyl (C=O) groups excluding carboxylic acids is 2. The minimum Gasteiger partial charge on any atom is -0.377 e. The van der Waals surface area contributed by atoms with Gasteiger partial charge in [0.25, 0.3) is 0 Å². The van der Waals surface area contributed by atoms with Crippen molar-refractivity contribution in [3.8, 4) is 12.3 Å². The number of terminal acetylenes is 1. The zero-order valence-corrected chi connectivity index (χ0v) is 12.6. The zero-order valence-electron chi connectivity index (χ0n) is 12.6. The summed E-state index contributed by atoms with van der Waals surface area (Å²) in [4.78, 5) is 23.2. The Morgan fingerprint density at radius 1 is 1.36 bits per heavy atom.